The standard InChI is InChI=1S/C22H24N2O5S/c1-28-21(26)18-14-30-20(23-18)19(25)17(12-15-8-4-2-5-9-15)24-22(27)29-13-16-10-6-3-7-11-16/h2-11,17-18,20,23H,12-14H2,1H3,(H,24,27)/t17-,18-,20?/m0/s1. The van der Waals surface area contributed by atoms with Crippen molar-refractivity contribution in [3.63, 3.8) is 0 Å². The van der Waals surface area contributed by atoms with E-state index in [1.807, 2.05) is 60.7 Å². The van der Waals surface area contributed by atoms with E-state index in [2.05, 4.69) is 10.6 Å². The van der Waals surface area contributed by atoms with Crippen molar-refractivity contribution in [2.45, 2.75) is 30.5 Å². The molecule has 1 aliphatic heterocycles. The molecule has 3 rings (SSSR count). The van der Waals surface area contributed by atoms with Crippen LogP contribution in [0.25, 0.3) is 0 Å². The molecule has 3 atom stereocenters. The number of thioether (sulfide) groups is 1. The van der Waals surface area contributed by atoms with Gasteiger partial charge in [0.05, 0.1) is 13.2 Å². The fourth-order valence-corrected chi connectivity index (χ4v) is 4.28. The number of benzene rings is 2. The van der Waals surface area contributed by atoms with Gasteiger partial charge in [-0.05, 0) is 17.5 Å². The highest BCUT2D eigenvalue weighted by Crippen LogP contribution is 2.22. The van der Waals surface area contributed by atoms with Crippen LogP contribution in [0.1, 0.15) is 11.1 Å². The molecule has 1 aliphatic rings. The van der Waals surface area contributed by atoms with Crippen molar-refractivity contribution in [1.82, 2.24) is 10.6 Å². The van der Waals surface area contributed by atoms with Crippen LogP contribution >= 0.6 is 11.8 Å². The first-order valence-electron chi connectivity index (χ1n) is 9.57. The molecule has 7 nitrogen and oxygen atoms in total. The average Bonchev–Trinajstić information content (AvgIpc) is 3.28. The number of esters is 1. The first kappa shape index (κ1) is 21.9. The van der Waals surface area contributed by atoms with E-state index in [0.717, 1.165) is 11.1 Å². The molecule has 8 heteroatoms. The maximum Gasteiger partial charge on any atom is 0.408 e. The molecule has 1 amide bonds. The number of alkyl carbamates (subject to hydrolysis) is 1. The van der Waals surface area contributed by atoms with Crippen LogP contribution in [-0.2, 0) is 32.1 Å². The fourth-order valence-electron chi connectivity index (χ4n) is 3.08. The van der Waals surface area contributed by atoms with E-state index in [-0.39, 0.29) is 12.4 Å². The molecule has 1 heterocycles. The Morgan fingerprint density at radius 2 is 1.70 bits per heavy atom. The van der Waals surface area contributed by atoms with Gasteiger partial charge >= 0.3 is 12.1 Å². The SMILES string of the molecule is COC(=O)[C@@H]1CSC(C(=O)[C@H](Cc2ccccc2)NC(=O)OCc2ccccc2)N1. The summed E-state index contributed by atoms with van der Waals surface area (Å²) in [6.45, 7) is 0.111. The number of methoxy groups -OCH3 is 1. The van der Waals surface area contributed by atoms with Crippen LogP contribution in [0.3, 0.4) is 0 Å². The molecule has 0 aromatic heterocycles. The number of ether oxygens (including phenoxy) is 2. The molecule has 1 fully saturated rings. The highest BCUT2D eigenvalue weighted by atomic mass is 32.2. The monoisotopic (exact) mass is 428 g/mol. The normalized spacial score (nSPS) is 19.0. The van der Waals surface area contributed by atoms with Gasteiger partial charge in [0.15, 0.2) is 5.78 Å². The number of rotatable bonds is 8. The molecule has 0 aliphatic carbocycles. The Morgan fingerprint density at radius 3 is 2.33 bits per heavy atom. The summed E-state index contributed by atoms with van der Waals surface area (Å²) in [5.74, 6) is -0.195. The van der Waals surface area contributed by atoms with Crippen LogP contribution in [0.2, 0.25) is 0 Å². The lowest BCUT2D eigenvalue weighted by atomic mass is 10.0. The summed E-state index contributed by atoms with van der Waals surface area (Å²) in [5, 5.41) is 5.06. The smallest absolute Gasteiger partial charge is 0.408 e. The zero-order valence-electron chi connectivity index (χ0n) is 16.6. The van der Waals surface area contributed by atoms with Crippen molar-refractivity contribution in [2.24, 2.45) is 0 Å². The Kier molecular flexibility index (Phi) is 7.87. The van der Waals surface area contributed by atoms with Gasteiger partial charge in [-0.2, -0.15) is 0 Å². The molecule has 0 saturated carbocycles. The molecule has 1 saturated heterocycles. The number of carbonyl (C=O) groups is 3. The molecule has 158 valence electrons. The van der Waals surface area contributed by atoms with Crippen LogP contribution in [0.4, 0.5) is 4.79 Å². The number of amides is 1. The zero-order valence-corrected chi connectivity index (χ0v) is 17.4. The quantitative estimate of drug-likeness (QED) is 0.623. The van der Waals surface area contributed by atoms with Crippen molar-refractivity contribution in [2.75, 3.05) is 12.9 Å². The number of hydrogen-bond acceptors (Lipinski definition) is 7. The average molecular weight is 429 g/mol. The minimum absolute atomic E-state index is 0.111. The maximum absolute atomic E-state index is 13.1. The Labute approximate surface area is 179 Å². The zero-order chi connectivity index (χ0) is 21.3. The van der Waals surface area contributed by atoms with Gasteiger partial charge in [-0.1, -0.05) is 60.7 Å². The van der Waals surface area contributed by atoms with Crippen LogP contribution in [-0.4, -0.2) is 48.2 Å². The van der Waals surface area contributed by atoms with E-state index >= 15 is 0 Å². The Bertz CT molecular complexity index is 862. The molecular formula is C22H24N2O5S. The molecule has 2 aromatic carbocycles. The van der Waals surface area contributed by atoms with Crippen LogP contribution in [0.5, 0.6) is 0 Å². The van der Waals surface area contributed by atoms with Gasteiger partial charge in [0.1, 0.15) is 18.0 Å². The van der Waals surface area contributed by atoms with E-state index in [9.17, 15) is 14.4 Å². The third kappa shape index (κ3) is 6.08. The highest BCUT2D eigenvalue weighted by Gasteiger charge is 2.38. The first-order chi connectivity index (χ1) is 14.6. The van der Waals surface area contributed by atoms with Gasteiger partial charge in [0.2, 0.25) is 0 Å². The summed E-state index contributed by atoms with van der Waals surface area (Å²) in [5.41, 5.74) is 1.76. The molecule has 2 aromatic rings. The Hall–Kier alpha value is -2.84. The molecule has 0 bridgehead atoms. The van der Waals surface area contributed by atoms with Crippen LogP contribution < -0.4 is 10.6 Å². The predicted octanol–water partition coefficient (Wildman–Crippen LogP) is 2.30. The number of Topliss-reactive ketones (excluding diaryl/α,β-unsaturated/α-hetero) is 1. The lowest BCUT2D eigenvalue weighted by molar-refractivity contribution is -0.142. The summed E-state index contributed by atoms with van der Waals surface area (Å²) < 4.78 is 10.0. The minimum atomic E-state index is -0.794. The van der Waals surface area contributed by atoms with Gasteiger partial charge in [-0.25, -0.2) is 4.79 Å². The summed E-state index contributed by atoms with van der Waals surface area (Å²) in [6, 6.07) is 17.4. The predicted molar refractivity (Wildman–Crippen MR) is 114 cm³/mol. The number of ketones is 1. The van der Waals surface area contributed by atoms with E-state index < -0.39 is 29.5 Å². The van der Waals surface area contributed by atoms with E-state index in [0.29, 0.717) is 12.2 Å². The second-order valence-electron chi connectivity index (χ2n) is 6.81. The van der Waals surface area contributed by atoms with Crippen LogP contribution in [0.15, 0.2) is 60.7 Å². The number of nitrogens with one attached hydrogen (secondary N) is 2. The van der Waals surface area contributed by atoms with Crippen molar-refractivity contribution in [3.05, 3.63) is 71.8 Å². The molecular weight excluding hydrogens is 404 g/mol. The summed E-state index contributed by atoms with van der Waals surface area (Å²) in [6.07, 6.45) is -0.345. The lowest BCUT2D eigenvalue weighted by Gasteiger charge is -2.21. The third-order valence-corrected chi connectivity index (χ3v) is 5.88. The van der Waals surface area contributed by atoms with Gasteiger partial charge in [-0.3, -0.25) is 14.9 Å². The molecule has 0 radical (unpaired) electrons. The third-order valence-electron chi connectivity index (χ3n) is 4.66. The van der Waals surface area contributed by atoms with E-state index in [1.165, 1.54) is 18.9 Å². The highest BCUT2D eigenvalue weighted by molar-refractivity contribution is 8.00. The Morgan fingerprint density at radius 1 is 1.07 bits per heavy atom. The minimum Gasteiger partial charge on any atom is -0.468 e. The van der Waals surface area contributed by atoms with E-state index in [1.54, 1.807) is 0 Å². The molecule has 2 N–H and O–H groups in total. The van der Waals surface area contributed by atoms with Crippen LogP contribution in [0, 0.1) is 0 Å². The summed E-state index contributed by atoms with van der Waals surface area (Å²) in [7, 11) is 1.31. The molecule has 30 heavy (non-hydrogen) atoms. The van der Waals surface area contributed by atoms with Crippen molar-refractivity contribution < 1.29 is 23.9 Å². The van der Waals surface area contributed by atoms with Crippen molar-refractivity contribution in [3.8, 4) is 0 Å². The number of hydrogen-bond donors (Lipinski definition) is 2. The second kappa shape index (κ2) is 10.8. The largest absolute Gasteiger partial charge is 0.468 e. The van der Waals surface area contributed by atoms with Gasteiger partial charge < -0.3 is 14.8 Å². The second-order valence-corrected chi connectivity index (χ2v) is 7.94. The maximum atomic E-state index is 13.1. The fraction of sp³-hybridized carbons (Fsp3) is 0.318. The van der Waals surface area contributed by atoms with Gasteiger partial charge in [0.25, 0.3) is 0 Å². The molecule has 1 unspecified atom stereocenters. The van der Waals surface area contributed by atoms with Crippen molar-refractivity contribution in [1.29, 1.82) is 0 Å². The first-order valence-corrected chi connectivity index (χ1v) is 10.6. The molecule has 0 spiro atoms. The summed E-state index contributed by atoms with van der Waals surface area (Å²) in [4.78, 5) is 37.2. The topological polar surface area (TPSA) is 93.7 Å². The Balaban J connectivity index is 1.64. The van der Waals surface area contributed by atoms with Gasteiger partial charge in [-0.15, -0.1) is 11.8 Å². The number of carbonyl (C=O) groups excluding carboxylic acids is 3. The van der Waals surface area contributed by atoms with E-state index in [4.69, 9.17) is 9.47 Å². The van der Waals surface area contributed by atoms with Gasteiger partial charge in [0, 0.05) is 5.75 Å². The lowest BCUT2D eigenvalue weighted by Crippen LogP contribution is -2.50. The summed E-state index contributed by atoms with van der Waals surface area (Å²) >= 11 is 1.32. The van der Waals surface area contributed by atoms with Crippen molar-refractivity contribution >= 4 is 29.6 Å².